The fourth-order valence-corrected chi connectivity index (χ4v) is 3.27. The van der Waals surface area contributed by atoms with E-state index in [0.717, 1.165) is 16.8 Å². The van der Waals surface area contributed by atoms with Gasteiger partial charge in [-0.3, -0.25) is 15.0 Å². The molecule has 0 spiro atoms. The van der Waals surface area contributed by atoms with Crippen molar-refractivity contribution in [1.29, 1.82) is 5.41 Å². The number of nitrogens with zero attached hydrogens (tertiary/aromatic N) is 1. The summed E-state index contributed by atoms with van der Waals surface area (Å²) in [5, 5.41) is 20.4. The summed E-state index contributed by atoms with van der Waals surface area (Å²) in [7, 11) is 0. The van der Waals surface area contributed by atoms with Gasteiger partial charge in [-0.05, 0) is 49.7 Å². The van der Waals surface area contributed by atoms with Crippen LogP contribution in [-0.4, -0.2) is 48.1 Å². The second-order valence-electron chi connectivity index (χ2n) is 7.00. The highest BCUT2D eigenvalue weighted by atomic mass is 16.5. The van der Waals surface area contributed by atoms with Gasteiger partial charge in [0.25, 0.3) is 11.8 Å². The molecule has 1 saturated heterocycles. The van der Waals surface area contributed by atoms with Crippen LogP contribution in [0, 0.1) is 19.3 Å². The molecule has 5 N–H and O–H groups in total. The number of amidine groups is 1. The number of aliphatic hydroxyl groups is 1. The number of aryl methyl sites for hydroxylation is 2. The molecule has 0 radical (unpaired) electrons. The molecule has 2 amide bonds. The molecule has 0 saturated carbocycles. The van der Waals surface area contributed by atoms with E-state index in [0.29, 0.717) is 17.8 Å². The van der Waals surface area contributed by atoms with Crippen LogP contribution in [0.25, 0.3) is 0 Å². The lowest BCUT2D eigenvalue weighted by molar-refractivity contribution is -0.150. The van der Waals surface area contributed by atoms with Gasteiger partial charge in [0.2, 0.25) is 0 Å². The molecule has 0 aliphatic carbocycles. The van der Waals surface area contributed by atoms with Crippen molar-refractivity contribution < 1.29 is 19.4 Å². The van der Waals surface area contributed by atoms with Crippen molar-refractivity contribution in [2.75, 3.05) is 23.4 Å². The molecule has 8 nitrogen and oxygen atoms in total. The Morgan fingerprint density at radius 1 is 1.28 bits per heavy atom. The van der Waals surface area contributed by atoms with E-state index < -0.39 is 24.0 Å². The van der Waals surface area contributed by atoms with Gasteiger partial charge in [0.1, 0.15) is 5.84 Å². The maximum Gasteiger partial charge on any atom is 0.259 e. The van der Waals surface area contributed by atoms with Crippen molar-refractivity contribution in [3.63, 3.8) is 0 Å². The van der Waals surface area contributed by atoms with Gasteiger partial charge in [-0.15, -0.1) is 0 Å². The van der Waals surface area contributed by atoms with Crippen molar-refractivity contribution in [2.24, 2.45) is 5.73 Å². The number of hydrogen-bond acceptors (Lipinski definition) is 5. The summed E-state index contributed by atoms with van der Waals surface area (Å²) in [5.74, 6) is -1.30. The van der Waals surface area contributed by atoms with E-state index in [1.807, 2.05) is 32.0 Å². The molecule has 1 heterocycles. The number of morpholine rings is 1. The van der Waals surface area contributed by atoms with Crippen molar-refractivity contribution in [3.8, 4) is 0 Å². The normalized spacial score (nSPS) is 17.7. The molecule has 3 rings (SSSR count). The van der Waals surface area contributed by atoms with Crippen LogP contribution in [0.1, 0.15) is 16.7 Å². The third kappa shape index (κ3) is 4.44. The molecule has 2 atom stereocenters. The zero-order valence-corrected chi connectivity index (χ0v) is 16.3. The van der Waals surface area contributed by atoms with Crippen molar-refractivity contribution >= 4 is 29.0 Å². The minimum absolute atomic E-state index is 0.0874. The molecule has 8 heteroatoms. The zero-order valence-electron chi connectivity index (χ0n) is 16.3. The van der Waals surface area contributed by atoms with E-state index >= 15 is 0 Å². The van der Waals surface area contributed by atoms with E-state index in [1.54, 1.807) is 29.2 Å². The van der Waals surface area contributed by atoms with E-state index in [1.165, 1.54) is 0 Å². The number of hydrogen-bond donors (Lipinski definition) is 4. The van der Waals surface area contributed by atoms with Crippen LogP contribution in [0.4, 0.5) is 11.4 Å². The third-order valence-electron chi connectivity index (χ3n) is 4.78. The molecule has 152 valence electrons. The lowest BCUT2D eigenvalue weighted by Crippen LogP contribution is -2.55. The summed E-state index contributed by atoms with van der Waals surface area (Å²) in [6, 6.07) is 12.0. The number of anilines is 2. The third-order valence-corrected chi connectivity index (χ3v) is 4.78. The lowest BCUT2D eigenvalue weighted by Gasteiger charge is -2.34. The van der Waals surface area contributed by atoms with Crippen molar-refractivity contribution in [1.82, 2.24) is 0 Å². The van der Waals surface area contributed by atoms with E-state index in [-0.39, 0.29) is 12.4 Å². The number of nitrogen functional groups attached to an aromatic ring is 1. The average Bonchev–Trinajstić information content (AvgIpc) is 2.68. The second-order valence-corrected chi connectivity index (χ2v) is 7.00. The molecule has 1 fully saturated rings. The molecule has 2 aromatic carbocycles. The topological polar surface area (TPSA) is 129 Å². The Morgan fingerprint density at radius 3 is 2.59 bits per heavy atom. The average molecular weight is 396 g/mol. The van der Waals surface area contributed by atoms with Gasteiger partial charge in [0.15, 0.2) is 12.2 Å². The minimum atomic E-state index is -1.66. The van der Waals surface area contributed by atoms with Crippen LogP contribution in [0.15, 0.2) is 42.5 Å². The highest BCUT2D eigenvalue weighted by Gasteiger charge is 2.39. The number of amides is 2. The van der Waals surface area contributed by atoms with Gasteiger partial charge in [-0.1, -0.05) is 17.7 Å². The van der Waals surface area contributed by atoms with Gasteiger partial charge < -0.3 is 25.8 Å². The van der Waals surface area contributed by atoms with Gasteiger partial charge >= 0.3 is 0 Å². The van der Waals surface area contributed by atoms with Gasteiger partial charge in [0.05, 0.1) is 6.61 Å². The summed E-state index contributed by atoms with van der Waals surface area (Å²) in [4.78, 5) is 26.9. The monoisotopic (exact) mass is 396 g/mol. The Balaban J connectivity index is 1.72. The molecule has 1 aliphatic heterocycles. The Bertz CT molecular complexity index is 942. The summed E-state index contributed by atoms with van der Waals surface area (Å²) in [6.45, 7) is 4.44. The summed E-state index contributed by atoms with van der Waals surface area (Å²) in [6.07, 6.45) is -2.95. The van der Waals surface area contributed by atoms with Crippen LogP contribution in [0.5, 0.6) is 0 Å². The van der Waals surface area contributed by atoms with Gasteiger partial charge in [0, 0.05) is 23.5 Å². The van der Waals surface area contributed by atoms with Crippen molar-refractivity contribution in [2.45, 2.75) is 26.1 Å². The lowest BCUT2D eigenvalue weighted by atomic mass is 10.1. The number of nitrogens with one attached hydrogen (secondary N) is 2. The first-order chi connectivity index (χ1) is 13.8. The maximum absolute atomic E-state index is 12.9. The summed E-state index contributed by atoms with van der Waals surface area (Å²) >= 11 is 0. The first kappa shape index (κ1) is 20.5. The SMILES string of the molecule is Cc1ccc(N2CCO[C@H](C(O)C(=O)Nc3ccc(C(=N)N)cc3)C2=O)c(C)c1. The Kier molecular flexibility index (Phi) is 5.95. The van der Waals surface area contributed by atoms with Crippen LogP contribution in [0.2, 0.25) is 0 Å². The molecule has 2 aromatic rings. The molecule has 29 heavy (non-hydrogen) atoms. The number of carbonyl (C=O) groups excluding carboxylic acids is 2. The van der Waals surface area contributed by atoms with Crippen LogP contribution in [0.3, 0.4) is 0 Å². The number of rotatable bonds is 5. The Hall–Kier alpha value is -3.23. The summed E-state index contributed by atoms with van der Waals surface area (Å²) < 4.78 is 5.43. The van der Waals surface area contributed by atoms with Gasteiger partial charge in [-0.25, -0.2) is 0 Å². The standard InChI is InChI=1S/C21H24N4O4/c1-12-3-8-16(13(2)11-12)25-9-10-29-18(21(25)28)17(26)20(27)24-15-6-4-14(5-7-15)19(22)23/h3-8,11,17-18,26H,9-10H2,1-2H3,(H3,22,23)(H,24,27)/t17?,18-/m1/s1. The molecule has 1 unspecified atom stereocenters. The maximum atomic E-state index is 12.9. The number of ether oxygens (including phenoxy) is 1. The fourth-order valence-electron chi connectivity index (χ4n) is 3.27. The van der Waals surface area contributed by atoms with Crippen LogP contribution in [-0.2, 0) is 14.3 Å². The first-order valence-corrected chi connectivity index (χ1v) is 9.21. The number of benzene rings is 2. The second kappa shape index (κ2) is 8.42. The number of carbonyl (C=O) groups is 2. The highest BCUT2D eigenvalue weighted by molar-refractivity contribution is 6.04. The predicted molar refractivity (Wildman–Crippen MR) is 110 cm³/mol. The molecule has 1 aliphatic rings. The largest absolute Gasteiger partial charge is 0.384 e. The van der Waals surface area contributed by atoms with Crippen LogP contribution >= 0.6 is 0 Å². The quantitative estimate of drug-likeness (QED) is 0.447. The smallest absolute Gasteiger partial charge is 0.259 e. The van der Waals surface area contributed by atoms with E-state index in [4.69, 9.17) is 15.9 Å². The highest BCUT2D eigenvalue weighted by Crippen LogP contribution is 2.25. The fraction of sp³-hybridized carbons (Fsp3) is 0.286. The predicted octanol–water partition coefficient (Wildman–Crippen LogP) is 1.32. The first-order valence-electron chi connectivity index (χ1n) is 9.21. The number of nitrogens with two attached hydrogens (primary N) is 1. The Morgan fingerprint density at radius 2 is 1.97 bits per heavy atom. The molecule has 0 aromatic heterocycles. The molecule has 0 bridgehead atoms. The molecular weight excluding hydrogens is 372 g/mol. The van der Waals surface area contributed by atoms with E-state index in [2.05, 4.69) is 5.32 Å². The van der Waals surface area contributed by atoms with Crippen LogP contribution < -0.4 is 16.0 Å². The zero-order chi connectivity index (χ0) is 21.1. The Labute approximate surface area is 168 Å². The number of aliphatic hydroxyl groups excluding tert-OH is 1. The summed E-state index contributed by atoms with van der Waals surface area (Å²) in [5.41, 5.74) is 9.08. The van der Waals surface area contributed by atoms with Gasteiger partial charge in [-0.2, -0.15) is 0 Å². The van der Waals surface area contributed by atoms with Crippen molar-refractivity contribution in [3.05, 3.63) is 59.2 Å². The minimum Gasteiger partial charge on any atom is -0.384 e. The van der Waals surface area contributed by atoms with E-state index in [9.17, 15) is 14.7 Å². The molecular formula is C21H24N4O4.